The molecule has 1 aromatic carbocycles. The molecule has 0 saturated carbocycles. The zero-order valence-electron chi connectivity index (χ0n) is 13.7. The molecule has 118 valence electrons. The molecule has 1 aromatic rings. The third-order valence-electron chi connectivity index (χ3n) is 3.59. The Morgan fingerprint density at radius 3 is 2.52 bits per heavy atom. The van der Waals surface area contributed by atoms with Crippen molar-refractivity contribution >= 4 is 0 Å². The summed E-state index contributed by atoms with van der Waals surface area (Å²) >= 11 is 0. The molecule has 0 amide bonds. The third kappa shape index (κ3) is 7.33. The smallest absolute Gasteiger partial charge is 0.119 e. The molecule has 2 nitrogen and oxygen atoms in total. The summed E-state index contributed by atoms with van der Waals surface area (Å²) in [6.45, 7) is 10.1. The van der Waals surface area contributed by atoms with Crippen LogP contribution in [-0.4, -0.2) is 13.2 Å². The second kappa shape index (κ2) is 11.4. The Balaban J connectivity index is 2.56. The highest BCUT2D eigenvalue weighted by Gasteiger charge is 2.10. The van der Waals surface area contributed by atoms with Crippen molar-refractivity contribution in [3.05, 3.63) is 42.5 Å². The SMILES string of the molecule is C=CCCCC(NCCC)c1ccc(OCCCC)cc1. The van der Waals surface area contributed by atoms with Crippen LogP contribution in [0.4, 0.5) is 0 Å². The largest absolute Gasteiger partial charge is 0.494 e. The molecule has 1 rings (SSSR count). The van der Waals surface area contributed by atoms with E-state index in [9.17, 15) is 0 Å². The zero-order valence-corrected chi connectivity index (χ0v) is 13.7. The Morgan fingerprint density at radius 1 is 1.14 bits per heavy atom. The molecule has 1 atom stereocenters. The molecular formula is C19H31NO. The number of benzene rings is 1. The fourth-order valence-corrected chi connectivity index (χ4v) is 2.30. The Kier molecular flexibility index (Phi) is 9.64. The fourth-order valence-electron chi connectivity index (χ4n) is 2.30. The maximum Gasteiger partial charge on any atom is 0.119 e. The molecule has 0 aliphatic rings. The van der Waals surface area contributed by atoms with Gasteiger partial charge in [0.15, 0.2) is 0 Å². The monoisotopic (exact) mass is 289 g/mol. The molecule has 2 heteroatoms. The van der Waals surface area contributed by atoms with Gasteiger partial charge in [-0.2, -0.15) is 0 Å². The summed E-state index contributed by atoms with van der Waals surface area (Å²) in [5.41, 5.74) is 1.36. The van der Waals surface area contributed by atoms with Crippen molar-refractivity contribution in [2.45, 2.75) is 58.4 Å². The van der Waals surface area contributed by atoms with E-state index in [1.54, 1.807) is 0 Å². The zero-order chi connectivity index (χ0) is 15.3. The molecule has 0 spiro atoms. The summed E-state index contributed by atoms with van der Waals surface area (Å²) in [7, 11) is 0. The van der Waals surface area contributed by atoms with Crippen molar-refractivity contribution in [3.63, 3.8) is 0 Å². The Bertz CT molecular complexity index is 372. The molecule has 1 N–H and O–H groups in total. The number of hydrogen-bond acceptors (Lipinski definition) is 2. The van der Waals surface area contributed by atoms with Gasteiger partial charge in [0.1, 0.15) is 5.75 Å². The lowest BCUT2D eigenvalue weighted by Crippen LogP contribution is -2.22. The summed E-state index contributed by atoms with van der Waals surface area (Å²) in [6, 6.07) is 9.03. The van der Waals surface area contributed by atoms with Crippen molar-refractivity contribution in [1.82, 2.24) is 5.32 Å². The maximum absolute atomic E-state index is 5.73. The first kappa shape index (κ1) is 17.8. The molecule has 0 saturated heterocycles. The van der Waals surface area contributed by atoms with Gasteiger partial charge in [-0.1, -0.05) is 38.5 Å². The van der Waals surface area contributed by atoms with Crippen LogP contribution >= 0.6 is 0 Å². The first-order chi connectivity index (χ1) is 10.3. The maximum atomic E-state index is 5.73. The number of allylic oxidation sites excluding steroid dienone is 1. The molecule has 21 heavy (non-hydrogen) atoms. The van der Waals surface area contributed by atoms with Crippen LogP contribution in [0.1, 0.15) is 64.0 Å². The van der Waals surface area contributed by atoms with Crippen LogP contribution in [0.2, 0.25) is 0 Å². The second-order valence-electron chi connectivity index (χ2n) is 5.50. The van der Waals surface area contributed by atoms with E-state index in [1.807, 2.05) is 6.08 Å². The van der Waals surface area contributed by atoms with Gasteiger partial charge in [0, 0.05) is 6.04 Å². The van der Waals surface area contributed by atoms with E-state index in [4.69, 9.17) is 4.74 Å². The minimum Gasteiger partial charge on any atom is -0.494 e. The molecular weight excluding hydrogens is 258 g/mol. The van der Waals surface area contributed by atoms with Gasteiger partial charge in [-0.3, -0.25) is 0 Å². The van der Waals surface area contributed by atoms with Crippen molar-refractivity contribution in [3.8, 4) is 5.75 Å². The molecule has 0 bridgehead atoms. The van der Waals surface area contributed by atoms with Gasteiger partial charge < -0.3 is 10.1 Å². The summed E-state index contributed by atoms with van der Waals surface area (Å²) in [5.74, 6) is 0.979. The van der Waals surface area contributed by atoms with Crippen LogP contribution < -0.4 is 10.1 Å². The lowest BCUT2D eigenvalue weighted by atomic mass is 10.0. The van der Waals surface area contributed by atoms with E-state index in [2.05, 4.69) is 50.0 Å². The normalized spacial score (nSPS) is 12.1. The van der Waals surface area contributed by atoms with E-state index in [-0.39, 0.29) is 0 Å². The summed E-state index contributed by atoms with van der Waals surface area (Å²) in [6.07, 6.45) is 8.87. The van der Waals surface area contributed by atoms with E-state index in [0.29, 0.717) is 6.04 Å². The van der Waals surface area contributed by atoms with Gasteiger partial charge in [-0.15, -0.1) is 6.58 Å². The standard InChI is InChI=1S/C19H31NO/c1-4-7-9-10-19(20-15-6-3)17-11-13-18(14-12-17)21-16-8-5-2/h4,11-14,19-20H,1,5-10,15-16H2,2-3H3. The van der Waals surface area contributed by atoms with Crippen LogP contribution in [0.5, 0.6) is 5.75 Å². The van der Waals surface area contributed by atoms with Gasteiger partial charge in [-0.25, -0.2) is 0 Å². The predicted molar refractivity (Wildman–Crippen MR) is 91.9 cm³/mol. The number of rotatable bonds is 12. The van der Waals surface area contributed by atoms with Gasteiger partial charge in [0.05, 0.1) is 6.61 Å². The van der Waals surface area contributed by atoms with Crippen molar-refractivity contribution in [2.24, 2.45) is 0 Å². The van der Waals surface area contributed by atoms with Gasteiger partial charge >= 0.3 is 0 Å². The van der Waals surface area contributed by atoms with Crippen LogP contribution in [0.3, 0.4) is 0 Å². The van der Waals surface area contributed by atoms with Gasteiger partial charge in [0.2, 0.25) is 0 Å². The molecule has 0 aliphatic carbocycles. The van der Waals surface area contributed by atoms with E-state index >= 15 is 0 Å². The molecule has 0 heterocycles. The number of hydrogen-bond donors (Lipinski definition) is 1. The van der Waals surface area contributed by atoms with Gasteiger partial charge in [-0.05, 0) is 56.3 Å². The first-order valence-corrected chi connectivity index (χ1v) is 8.38. The van der Waals surface area contributed by atoms with Crippen molar-refractivity contribution in [1.29, 1.82) is 0 Å². The molecule has 0 fully saturated rings. The summed E-state index contributed by atoms with van der Waals surface area (Å²) in [5, 5.41) is 3.64. The first-order valence-electron chi connectivity index (χ1n) is 8.38. The van der Waals surface area contributed by atoms with Crippen LogP contribution in [-0.2, 0) is 0 Å². The summed E-state index contributed by atoms with van der Waals surface area (Å²) in [4.78, 5) is 0. The number of unbranched alkanes of at least 4 members (excludes halogenated alkanes) is 2. The van der Waals surface area contributed by atoms with Crippen LogP contribution in [0.15, 0.2) is 36.9 Å². The highest BCUT2D eigenvalue weighted by molar-refractivity contribution is 5.29. The second-order valence-corrected chi connectivity index (χ2v) is 5.50. The minimum atomic E-state index is 0.439. The quantitative estimate of drug-likeness (QED) is 0.418. The Hall–Kier alpha value is -1.28. The predicted octanol–water partition coefficient (Wildman–Crippen LogP) is 5.26. The fraction of sp³-hybridized carbons (Fsp3) is 0.579. The van der Waals surface area contributed by atoms with E-state index in [1.165, 1.54) is 18.4 Å². The topological polar surface area (TPSA) is 21.3 Å². The van der Waals surface area contributed by atoms with Crippen molar-refractivity contribution < 1.29 is 4.74 Å². The van der Waals surface area contributed by atoms with E-state index in [0.717, 1.165) is 44.6 Å². The van der Waals surface area contributed by atoms with E-state index < -0.39 is 0 Å². The summed E-state index contributed by atoms with van der Waals surface area (Å²) < 4.78 is 5.73. The highest BCUT2D eigenvalue weighted by Crippen LogP contribution is 2.22. The molecule has 0 aliphatic heterocycles. The average molecular weight is 289 g/mol. The lowest BCUT2D eigenvalue weighted by Gasteiger charge is -2.19. The minimum absolute atomic E-state index is 0.439. The van der Waals surface area contributed by atoms with Crippen molar-refractivity contribution in [2.75, 3.05) is 13.2 Å². The van der Waals surface area contributed by atoms with Gasteiger partial charge in [0.25, 0.3) is 0 Å². The van der Waals surface area contributed by atoms with Crippen LogP contribution in [0, 0.1) is 0 Å². The molecule has 1 unspecified atom stereocenters. The molecule has 0 radical (unpaired) electrons. The Morgan fingerprint density at radius 2 is 1.90 bits per heavy atom. The highest BCUT2D eigenvalue weighted by atomic mass is 16.5. The average Bonchev–Trinajstić information content (AvgIpc) is 2.52. The number of ether oxygens (including phenoxy) is 1. The van der Waals surface area contributed by atoms with Crippen LogP contribution in [0.25, 0.3) is 0 Å². The molecule has 0 aromatic heterocycles. The number of nitrogens with one attached hydrogen (secondary N) is 1. The third-order valence-corrected chi connectivity index (χ3v) is 3.59. The lowest BCUT2D eigenvalue weighted by molar-refractivity contribution is 0.309. The Labute approximate surface area is 130 Å².